The van der Waals surface area contributed by atoms with E-state index < -0.39 is 11.7 Å². The summed E-state index contributed by atoms with van der Waals surface area (Å²) in [5.74, 6) is -0.681. The monoisotopic (exact) mass is 294 g/mol. The highest BCUT2D eigenvalue weighted by molar-refractivity contribution is 6.31. The number of nitrogens with one attached hydrogen (secondary N) is 1. The molecule has 0 aliphatic heterocycles. The lowest BCUT2D eigenvalue weighted by molar-refractivity contribution is 0.102. The molecule has 3 N–H and O–H groups in total. The van der Waals surface area contributed by atoms with Gasteiger partial charge in [-0.15, -0.1) is 0 Å². The Labute approximate surface area is 120 Å². The molecule has 4 nitrogen and oxygen atoms in total. The highest BCUT2D eigenvalue weighted by Gasteiger charge is 2.13. The maximum absolute atomic E-state index is 13.3. The van der Waals surface area contributed by atoms with Crippen LogP contribution in [0.25, 0.3) is 0 Å². The predicted octanol–water partition coefficient (Wildman–Crippen LogP) is 3.32. The van der Waals surface area contributed by atoms with Crippen LogP contribution in [0.15, 0.2) is 36.4 Å². The van der Waals surface area contributed by atoms with Crippen LogP contribution in [-0.2, 0) is 0 Å². The van der Waals surface area contributed by atoms with Crippen molar-refractivity contribution in [2.45, 2.75) is 0 Å². The smallest absolute Gasteiger partial charge is 0.259 e. The number of benzene rings is 2. The number of carbonyl (C=O) groups is 1. The molecule has 104 valence electrons. The summed E-state index contributed by atoms with van der Waals surface area (Å²) in [6.45, 7) is 0. The van der Waals surface area contributed by atoms with Crippen molar-refractivity contribution in [2.24, 2.45) is 0 Å². The molecule has 0 radical (unpaired) electrons. The van der Waals surface area contributed by atoms with E-state index in [9.17, 15) is 9.18 Å². The molecule has 0 saturated heterocycles. The number of methoxy groups -OCH3 is 1. The second-order valence-electron chi connectivity index (χ2n) is 4.04. The van der Waals surface area contributed by atoms with E-state index in [0.29, 0.717) is 22.0 Å². The predicted molar refractivity (Wildman–Crippen MR) is 76.8 cm³/mol. The topological polar surface area (TPSA) is 64.3 Å². The number of rotatable bonds is 3. The molecule has 0 atom stereocenters. The van der Waals surface area contributed by atoms with E-state index in [1.54, 1.807) is 6.07 Å². The van der Waals surface area contributed by atoms with Gasteiger partial charge in [-0.2, -0.15) is 0 Å². The lowest BCUT2D eigenvalue weighted by Crippen LogP contribution is -2.13. The molecule has 0 spiro atoms. The zero-order valence-electron chi connectivity index (χ0n) is 10.6. The number of amides is 1. The van der Waals surface area contributed by atoms with Crippen LogP contribution in [0.3, 0.4) is 0 Å². The average molecular weight is 295 g/mol. The Kier molecular flexibility index (Phi) is 4.10. The largest absolute Gasteiger partial charge is 0.496 e. The zero-order chi connectivity index (χ0) is 14.7. The Hall–Kier alpha value is -2.27. The summed E-state index contributed by atoms with van der Waals surface area (Å²) < 4.78 is 18.4. The summed E-state index contributed by atoms with van der Waals surface area (Å²) in [7, 11) is 1.44. The van der Waals surface area contributed by atoms with Crippen molar-refractivity contribution in [1.29, 1.82) is 0 Å². The van der Waals surface area contributed by atoms with Gasteiger partial charge in [-0.25, -0.2) is 4.39 Å². The molecule has 2 aromatic rings. The van der Waals surface area contributed by atoms with Gasteiger partial charge in [-0.3, -0.25) is 4.79 Å². The van der Waals surface area contributed by atoms with Crippen molar-refractivity contribution in [1.82, 2.24) is 0 Å². The van der Waals surface area contributed by atoms with Gasteiger partial charge in [0.2, 0.25) is 0 Å². The summed E-state index contributed by atoms with van der Waals surface area (Å²) in [6.07, 6.45) is 0. The summed E-state index contributed by atoms with van der Waals surface area (Å²) in [4.78, 5) is 12.1. The Morgan fingerprint density at radius 3 is 2.70 bits per heavy atom. The molecule has 0 heterocycles. The summed E-state index contributed by atoms with van der Waals surface area (Å²) >= 11 is 5.82. The van der Waals surface area contributed by atoms with Gasteiger partial charge >= 0.3 is 0 Å². The third kappa shape index (κ3) is 3.00. The molecule has 0 fully saturated rings. The molecule has 0 aromatic heterocycles. The number of hydrogen-bond acceptors (Lipinski definition) is 3. The van der Waals surface area contributed by atoms with E-state index >= 15 is 0 Å². The standard InChI is InChI=1S/C14H12ClFN2O2/c1-20-13-6-8(15)2-4-10(13)14(19)18-9-3-5-12(17)11(16)7-9/h2-7H,17H2,1H3,(H,18,19). The molecule has 0 saturated carbocycles. The average Bonchev–Trinajstić information content (AvgIpc) is 2.42. The van der Waals surface area contributed by atoms with Crippen LogP contribution in [0.1, 0.15) is 10.4 Å². The van der Waals surface area contributed by atoms with Gasteiger partial charge in [0.25, 0.3) is 5.91 Å². The summed E-state index contributed by atoms with van der Waals surface area (Å²) in [6, 6.07) is 8.67. The van der Waals surface area contributed by atoms with Crippen LogP contribution in [0, 0.1) is 5.82 Å². The maximum Gasteiger partial charge on any atom is 0.259 e. The first-order chi connectivity index (χ1) is 9.51. The molecular formula is C14H12ClFN2O2. The van der Waals surface area contributed by atoms with Gasteiger partial charge in [0.1, 0.15) is 11.6 Å². The number of hydrogen-bond donors (Lipinski definition) is 2. The van der Waals surface area contributed by atoms with Gasteiger partial charge in [-0.05, 0) is 36.4 Å². The van der Waals surface area contributed by atoms with E-state index in [1.807, 2.05) is 0 Å². The molecule has 20 heavy (non-hydrogen) atoms. The fourth-order valence-electron chi connectivity index (χ4n) is 1.66. The van der Waals surface area contributed by atoms with Crippen LogP contribution in [0.5, 0.6) is 5.75 Å². The lowest BCUT2D eigenvalue weighted by atomic mass is 10.1. The maximum atomic E-state index is 13.3. The minimum Gasteiger partial charge on any atom is -0.496 e. The Balaban J connectivity index is 2.25. The van der Waals surface area contributed by atoms with Crippen molar-refractivity contribution in [2.75, 3.05) is 18.2 Å². The molecule has 0 unspecified atom stereocenters. The van der Waals surface area contributed by atoms with E-state index in [1.165, 1.54) is 31.4 Å². The molecule has 0 bridgehead atoms. The quantitative estimate of drug-likeness (QED) is 0.854. The number of carbonyl (C=O) groups excluding carboxylic acids is 1. The third-order valence-corrected chi connectivity index (χ3v) is 2.90. The van der Waals surface area contributed by atoms with E-state index in [4.69, 9.17) is 22.1 Å². The van der Waals surface area contributed by atoms with Gasteiger partial charge in [0.05, 0.1) is 18.4 Å². The summed E-state index contributed by atoms with van der Waals surface area (Å²) in [5, 5.41) is 3.02. The van der Waals surface area contributed by atoms with Crippen LogP contribution >= 0.6 is 11.6 Å². The zero-order valence-corrected chi connectivity index (χ0v) is 11.4. The number of nitrogens with two attached hydrogens (primary N) is 1. The fourth-order valence-corrected chi connectivity index (χ4v) is 1.82. The van der Waals surface area contributed by atoms with Crippen molar-refractivity contribution >= 4 is 28.9 Å². The van der Waals surface area contributed by atoms with E-state index in [2.05, 4.69) is 5.32 Å². The first-order valence-corrected chi connectivity index (χ1v) is 6.09. The van der Waals surface area contributed by atoms with E-state index in [-0.39, 0.29) is 5.69 Å². The second-order valence-corrected chi connectivity index (χ2v) is 4.47. The van der Waals surface area contributed by atoms with Crippen LogP contribution in [0.2, 0.25) is 5.02 Å². The van der Waals surface area contributed by atoms with Gasteiger partial charge in [-0.1, -0.05) is 11.6 Å². The number of nitrogen functional groups attached to an aromatic ring is 1. The molecular weight excluding hydrogens is 283 g/mol. The molecule has 1 amide bonds. The van der Waals surface area contributed by atoms with Crippen molar-refractivity contribution in [3.8, 4) is 5.75 Å². The van der Waals surface area contributed by atoms with Gasteiger partial charge in [0, 0.05) is 10.7 Å². The normalized spacial score (nSPS) is 10.2. The first-order valence-electron chi connectivity index (χ1n) is 5.71. The van der Waals surface area contributed by atoms with Gasteiger partial charge in [0.15, 0.2) is 0 Å². The van der Waals surface area contributed by atoms with Crippen LogP contribution < -0.4 is 15.8 Å². The van der Waals surface area contributed by atoms with Crippen molar-refractivity contribution in [3.63, 3.8) is 0 Å². The first kappa shape index (κ1) is 14.1. The van der Waals surface area contributed by atoms with Crippen molar-refractivity contribution < 1.29 is 13.9 Å². The highest BCUT2D eigenvalue weighted by atomic mass is 35.5. The Bertz CT molecular complexity index is 662. The minimum atomic E-state index is -0.592. The number of halogens is 2. The lowest BCUT2D eigenvalue weighted by Gasteiger charge is -2.10. The number of ether oxygens (including phenoxy) is 1. The van der Waals surface area contributed by atoms with Gasteiger partial charge < -0.3 is 15.8 Å². The second kappa shape index (κ2) is 5.79. The minimum absolute atomic E-state index is 0.0204. The fraction of sp³-hybridized carbons (Fsp3) is 0.0714. The number of anilines is 2. The molecule has 0 aliphatic rings. The molecule has 0 aliphatic carbocycles. The van der Waals surface area contributed by atoms with E-state index in [0.717, 1.165) is 6.07 Å². The third-order valence-electron chi connectivity index (χ3n) is 2.67. The highest BCUT2D eigenvalue weighted by Crippen LogP contribution is 2.24. The van der Waals surface area contributed by atoms with Crippen molar-refractivity contribution in [3.05, 3.63) is 52.8 Å². The van der Waals surface area contributed by atoms with Crippen LogP contribution in [-0.4, -0.2) is 13.0 Å². The SMILES string of the molecule is COc1cc(Cl)ccc1C(=O)Nc1ccc(N)c(F)c1. The molecule has 6 heteroatoms. The molecule has 2 aromatic carbocycles. The Morgan fingerprint density at radius 1 is 1.30 bits per heavy atom. The van der Waals surface area contributed by atoms with Crippen LogP contribution in [0.4, 0.5) is 15.8 Å². The summed E-state index contributed by atoms with van der Waals surface area (Å²) in [5.41, 5.74) is 6.00. The molecule has 2 rings (SSSR count). The Morgan fingerprint density at radius 2 is 2.05 bits per heavy atom.